The number of amides is 1. The van der Waals surface area contributed by atoms with E-state index in [2.05, 4.69) is 17.2 Å². The minimum Gasteiger partial charge on any atom is -0.370 e. The molecule has 0 aliphatic heterocycles. The van der Waals surface area contributed by atoms with Gasteiger partial charge in [0.1, 0.15) is 0 Å². The Balaban J connectivity index is 2.28. The standard InChI is InChI=1S/C19H32N4O/c1-4-5-6-7-8-9-14-21-19(20)22-15-16-10-12-17(13-11-16)18(24)23(2)3/h10-13H,4-9,14-15H2,1-3H3,(H3,20,21,22). The monoisotopic (exact) mass is 332 g/mol. The van der Waals surface area contributed by atoms with Crippen molar-refractivity contribution < 1.29 is 4.79 Å². The van der Waals surface area contributed by atoms with Crippen molar-refractivity contribution in [3.63, 3.8) is 0 Å². The van der Waals surface area contributed by atoms with E-state index in [0.29, 0.717) is 18.1 Å². The summed E-state index contributed by atoms with van der Waals surface area (Å²) in [6.07, 6.45) is 7.60. The van der Waals surface area contributed by atoms with Gasteiger partial charge in [0.05, 0.1) is 6.54 Å². The molecule has 0 saturated heterocycles. The lowest BCUT2D eigenvalue weighted by Gasteiger charge is -2.10. The first-order valence-corrected chi connectivity index (χ1v) is 8.89. The van der Waals surface area contributed by atoms with Crippen molar-refractivity contribution >= 4 is 11.9 Å². The predicted molar refractivity (Wildman–Crippen MR) is 101 cm³/mol. The number of hydrogen-bond acceptors (Lipinski definition) is 2. The highest BCUT2D eigenvalue weighted by Gasteiger charge is 2.06. The molecule has 0 atom stereocenters. The Hall–Kier alpha value is -2.04. The van der Waals surface area contributed by atoms with E-state index in [-0.39, 0.29) is 5.91 Å². The van der Waals surface area contributed by atoms with Gasteiger partial charge in [-0.1, -0.05) is 51.2 Å². The second kappa shape index (κ2) is 11.5. The number of nitrogens with zero attached hydrogens (tertiary/aromatic N) is 2. The van der Waals surface area contributed by atoms with Gasteiger partial charge in [0.25, 0.3) is 5.91 Å². The molecular formula is C19H32N4O. The van der Waals surface area contributed by atoms with Gasteiger partial charge in [0.2, 0.25) is 0 Å². The zero-order valence-corrected chi connectivity index (χ0v) is 15.3. The van der Waals surface area contributed by atoms with E-state index in [1.165, 1.54) is 32.1 Å². The molecule has 1 aromatic carbocycles. The van der Waals surface area contributed by atoms with E-state index in [1.807, 2.05) is 24.3 Å². The highest BCUT2D eigenvalue weighted by molar-refractivity contribution is 5.93. The fraction of sp³-hybridized carbons (Fsp3) is 0.579. The largest absolute Gasteiger partial charge is 0.370 e. The maximum absolute atomic E-state index is 11.8. The minimum atomic E-state index is 0.00479. The molecule has 0 aliphatic carbocycles. The second-order valence-corrected chi connectivity index (χ2v) is 6.29. The van der Waals surface area contributed by atoms with Crippen molar-refractivity contribution in [1.82, 2.24) is 10.2 Å². The predicted octanol–water partition coefficient (Wildman–Crippen LogP) is 3.15. The average molecular weight is 332 g/mol. The molecule has 1 rings (SSSR count). The highest BCUT2D eigenvalue weighted by atomic mass is 16.2. The Labute approximate surface area is 146 Å². The van der Waals surface area contributed by atoms with Crippen LogP contribution in [0.4, 0.5) is 0 Å². The Morgan fingerprint density at radius 2 is 1.71 bits per heavy atom. The molecule has 1 aromatic rings. The summed E-state index contributed by atoms with van der Waals surface area (Å²) in [4.78, 5) is 17.7. The molecule has 0 unspecified atom stereocenters. The van der Waals surface area contributed by atoms with Gasteiger partial charge >= 0.3 is 0 Å². The summed E-state index contributed by atoms with van der Waals surface area (Å²) in [6.45, 7) is 3.62. The first-order chi connectivity index (χ1) is 11.5. The summed E-state index contributed by atoms with van der Waals surface area (Å²) >= 11 is 0. The average Bonchev–Trinajstić information content (AvgIpc) is 2.59. The normalized spacial score (nSPS) is 11.4. The van der Waals surface area contributed by atoms with Gasteiger partial charge in [-0.2, -0.15) is 0 Å². The van der Waals surface area contributed by atoms with E-state index in [4.69, 9.17) is 5.73 Å². The number of guanidine groups is 1. The lowest BCUT2D eigenvalue weighted by Crippen LogP contribution is -2.32. The van der Waals surface area contributed by atoms with Gasteiger partial charge in [-0.15, -0.1) is 0 Å². The molecular weight excluding hydrogens is 300 g/mol. The first-order valence-electron chi connectivity index (χ1n) is 8.89. The van der Waals surface area contributed by atoms with Crippen molar-refractivity contribution in [1.29, 1.82) is 0 Å². The molecule has 5 heteroatoms. The second-order valence-electron chi connectivity index (χ2n) is 6.29. The third-order valence-corrected chi connectivity index (χ3v) is 3.88. The molecule has 24 heavy (non-hydrogen) atoms. The van der Waals surface area contributed by atoms with E-state index in [0.717, 1.165) is 18.5 Å². The van der Waals surface area contributed by atoms with Gasteiger partial charge in [-0.25, -0.2) is 4.99 Å². The van der Waals surface area contributed by atoms with Crippen molar-refractivity contribution in [2.75, 3.05) is 20.6 Å². The van der Waals surface area contributed by atoms with Crippen LogP contribution in [0.2, 0.25) is 0 Å². The first kappa shape index (κ1) is 20.0. The van der Waals surface area contributed by atoms with Crippen molar-refractivity contribution in [3.8, 4) is 0 Å². The lowest BCUT2D eigenvalue weighted by molar-refractivity contribution is 0.0827. The third kappa shape index (κ3) is 7.99. The Bertz CT molecular complexity index is 509. The maximum atomic E-state index is 11.8. The van der Waals surface area contributed by atoms with Gasteiger partial charge in [-0.3, -0.25) is 4.79 Å². The van der Waals surface area contributed by atoms with Crippen LogP contribution in [0.25, 0.3) is 0 Å². The molecule has 0 saturated carbocycles. The molecule has 0 bridgehead atoms. The van der Waals surface area contributed by atoms with Crippen molar-refractivity contribution in [3.05, 3.63) is 35.4 Å². The Morgan fingerprint density at radius 3 is 2.33 bits per heavy atom. The molecule has 134 valence electrons. The molecule has 1 amide bonds. The van der Waals surface area contributed by atoms with Crippen LogP contribution in [-0.2, 0) is 6.54 Å². The Morgan fingerprint density at radius 1 is 1.08 bits per heavy atom. The molecule has 0 spiro atoms. The topological polar surface area (TPSA) is 70.7 Å². The quantitative estimate of drug-likeness (QED) is 0.393. The summed E-state index contributed by atoms with van der Waals surface area (Å²) in [6, 6.07) is 7.49. The summed E-state index contributed by atoms with van der Waals surface area (Å²) in [7, 11) is 3.49. The third-order valence-electron chi connectivity index (χ3n) is 3.88. The molecule has 0 heterocycles. The van der Waals surface area contributed by atoms with Gasteiger partial charge in [0.15, 0.2) is 5.96 Å². The van der Waals surface area contributed by atoms with Crippen LogP contribution in [0.15, 0.2) is 29.3 Å². The van der Waals surface area contributed by atoms with E-state index in [9.17, 15) is 4.79 Å². The summed E-state index contributed by atoms with van der Waals surface area (Å²) < 4.78 is 0. The van der Waals surface area contributed by atoms with Crippen LogP contribution in [0, 0.1) is 0 Å². The highest BCUT2D eigenvalue weighted by Crippen LogP contribution is 2.07. The molecule has 0 aromatic heterocycles. The number of carbonyl (C=O) groups excluding carboxylic acids is 1. The number of nitrogens with two attached hydrogens (primary N) is 1. The number of aliphatic imine (C=N–C) groups is 1. The SMILES string of the molecule is CCCCCCCCNC(N)=NCc1ccc(C(=O)N(C)C)cc1. The van der Waals surface area contributed by atoms with Gasteiger partial charge in [0, 0.05) is 26.2 Å². The summed E-state index contributed by atoms with van der Waals surface area (Å²) in [5.41, 5.74) is 7.60. The number of hydrogen-bond donors (Lipinski definition) is 2. The van der Waals surface area contributed by atoms with Crippen LogP contribution >= 0.6 is 0 Å². The fourth-order valence-electron chi connectivity index (χ4n) is 2.37. The van der Waals surface area contributed by atoms with Gasteiger partial charge in [-0.05, 0) is 24.1 Å². The molecule has 0 radical (unpaired) electrons. The van der Waals surface area contributed by atoms with Crippen LogP contribution in [0.5, 0.6) is 0 Å². The molecule has 5 nitrogen and oxygen atoms in total. The lowest BCUT2D eigenvalue weighted by atomic mass is 10.1. The Kier molecular flexibility index (Phi) is 9.58. The zero-order valence-electron chi connectivity index (χ0n) is 15.3. The number of rotatable bonds is 10. The molecule has 0 fully saturated rings. The fourth-order valence-corrected chi connectivity index (χ4v) is 2.37. The summed E-state index contributed by atoms with van der Waals surface area (Å²) in [5, 5.41) is 3.16. The minimum absolute atomic E-state index is 0.00479. The van der Waals surface area contributed by atoms with Crippen LogP contribution in [0.1, 0.15) is 61.4 Å². The van der Waals surface area contributed by atoms with Crippen LogP contribution in [0.3, 0.4) is 0 Å². The van der Waals surface area contributed by atoms with Crippen LogP contribution < -0.4 is 11.1 Å². The molecule has 0 aliphatic rings. The van der Waals surface area contributed by atoms with Gasteiger partial charge < -0.3 is 16.0 Å². The van der Waals surface area contributed by atoms with E-state index >= 15 is 0 Å². The van der Waals surface area contributed by atoms with E-state index in [1.54, 1.807) is 19.0 Å². The van der Waals surface area contributed by atoms with Crippen molar-refractivity contribution in [2.45, 2.75) is 52.0 Å². The van der Waals surface area contributed by atoms with Crippen molar-refractivity contribution in [2.24, 2.45) is 10.7 Å². The number of carbonyl (C=O) groups is 1. The number of benzene rings is 1. The number of unbranched alkanes of at least 4 members (excludes halogenated alkanes) is 5. The number of nitrogens with one attached hydrogen (secondary N) is 1. The smallest absolute Gasteiger partial charge is 0.253 e. The molecule has 3 N–H and O–H groups in total. The van der Waals surface area contributed by atoms with E-state index < -0.39 is 0 Å². The zero-order chi connectivity index (χ0) is 17.8. The summed E-state index contributed by atoms with van der Waals surface area (Å²) in [5.74, 6) is 0.488. The van der Waals surface area contributed by atoms with Crippen LogP contribution in [-0.4, -0.2) is 37.4 Å². The maximum Gasteiger partial charge on any atom is 0.253 e.